The van der Waals surface area contributed by atoms with Crippen LogP contribution < -0.4 is 5.32 Å². The molecular formula is C14H11BrClF2N. The van der Waals surface area contributed by atoms with E-state index in [0.717, 1.165) is 11.6 Å². The summed E-state index contributed by atoms with van der Waals surface area (Å²) in [6.07, 6.45) is 0. The molecule has 0 fully saturated rings. The Morgan fingerprint density at radius 3 is 2.53 bits per heavy atom. The number of nitrogens with one attached hydrogen (secondary N) is 1. The maximum absolute atomic E-state index is 13.7. The van der Waals surface area contributed by atoms with Gasteiger partial charge in [0.1, 0.15) is 11.6 Å². The highest BCUT2D eigenvalue weighted by Crippen LogP contribution is 2.32. The van der Waals surface area contributed by atoms with E-state index in [1.54, 1.807) is 6.07 Å². The Labute approximate surface area is 123 Å². The van der Waals surface area contributed by atoms with Crippen molar-refractivity contribution in [2.75, 3.05) is 5.32 Å². The molecule has 1 unspecified atom stereocenters. The lowest BCUT2D eigenvalue weighted by molar-refractivity contribution is 0.582. The molecule has 2 aromatic rings. The first-order valence-corrected chi connectivity index (χ1v) is 6.81. The average molecular weight is 347 g/mol. The van der Waals surface area contributed by atoms with Gasteiger partial charge in [0.15, 0.2) is 0 Å². The Hall–Kier alpha value is -1.13. The normalized spacial score (nSPS) is 12.3. The molecule has 0 aromatic heterocycles. The zero-order chi connectivity index (χ0) is 14.0. The molecule has 1 atom stereocenters. The van der Waals surface area contributed by atoms with E-state index in [9.17, 15) is 8.78 Å². The van der Waals surface area contributed by atoms with Gasteiger partial charge in [-0.2, -0.15) is 0 Å². The van der Waals surface area contributed by atoms with Crippen molar-refractivity contribution in [3.63, 3.8) is 0 Å². The number of hydrogen-bond donors (Lipinski definition) is 1. The van der Waals surface area contributed by atoms with Gasteiger partial charge >= 0.3 is 0 Å². The highest BCUT2D eigenvalue weighted by molar-refractivity contribution is 9.10. The van der Waals surface area contributed by atoms with E-state index in [2.05, 4.69) is 21.2 Å². The van der Waals surface area contributed by atoms with E-state index in [0.29, 0.717) is 9.50 Å². The molecular weight excluding hydrogens is 336 g/mol. The van der Waals surface area contributed by atoms with Crippen LogP contribution in [0.25, 0.3) is 0 Å². The van der Waals surface area contributed by atoms with Crippen LogP contribution in [0.4, 0.5) is 14.5 Å². The fraction of sp³-hybridized carbons (Fsp3) is 0.143. The molecule has 0 heterocycles. The molecule has 1 nitrogen and oxygen atoms in total. The second-order valence-electron chi connectivity index (χ2n) is 4.13. The molecule has 0 spiro atoms. The lowest BCUT2D eigenvalue weighted by atomic mass is 10.1. The molecule has 0 aliphatic rings. The topological polar surface area (TPSA) is 12.0 Å². The average Bonchev–Trinajstić information content (AvgIpc) is 2.34. The van der Waals surface area contributed by atoms with E-state index < -0.39 is 11.6 Å². The van der Waals surface area contributed by atoms with Crippen LogP contribution in [-0.4, -0.2) is 0 Å². The number of anilines is 1. The Balaban J connectivity index is 2.29. The van der Waals surface area contributed by atoms with Crippen LogP contribution >= 0.6 is 27.5 Å². The molecule has 0 bridgehead atoms. The first kappa shape index (κ1) is 14.3. The minimum absolute atomic E-state index is 0.204. The van der Waals surface area contributed by atoms with Crippen molar-refractivity contribution in [2.45, 2.75) is 13.0 Å². The van der Waals surface area contributed by atoms with E-state index in [1.165, 1.54) is 6.07 Å². The maximum atomic E-state index is 13.7. The van der Waals surface area contributed by atoms with Crippen molar-refractivity contribution in [1.82, 2.24) is 0 Å². The zero-order valence-corrected chi connectivity index (χ0v) is 12.4. The monoisotopic (exact) mass is 345 g/mol. The zero-order valence-electron chi connectivity index (χ0n) is 10.1. The molecule has 0 aliphatic heterocycles. The molecule has 19 heavy (non-hydrogen) atoms. The minimum Gasteiger partial charge on any atom is -0.375 e. The molecule has 2 rings (SSSR count). The van der Waals surface area contributed by atoms with Gasteiger partial charge in [-0.3, -0.25) is 0 Å². The standard InChI is InChI=1S/C14H11BrClF2N/c1-8(10-4-2-3-5-12(10)16)19-14-11(15)6-9(17)7-13(14)18/h2-8,19H,1H3. The molecule has 1 N–H and O–H groups in total. The lowest BCUT2D eigenvalue weighted by Gasteiger charge is -2.18. The van der Waals surface area contributed by atoms with Gasteiger partial charge < -0.3 is 5.32 Å². The molecule has 0 saturated carbocycles. The second kappa shape index (κ2) is 5.88. The summed E-state index contributed by atoms with van der Waals surface area (Å²) in [6, 6.07) is 9.16. The molecule has 2 aromatic carbocycles. The predicted octanol–water partition coefficient (Wildman–Crippen LogP) is 5.55. The molecule has 0 saturated heterocycles. The number of rotatable bonds is 3. The van der Waals surface area contributed by atoms with Crippen LogP contribution in [0, 0.1) is 11.6 Å². The predicted molar refractivity (Wildman–Crippen MR) is 77.5 cm³/mol. The SMILES string of the molecule is CC(Nc1c(F)cc(F)cc1Br)c1ccccc1Cl. The molecule has 100 valence electrons. The first-order valence-electron chi connectivity index (χ1n) is 5.64. The van der Waals surface area contributed by atoms with Crippen LogP contribution in [0.3, 0.4) is 0 Å². The fourth-order valence-corrected chi connectivity index (χ4v) is 2.62. The van der Waals surface area contributed by atoms with E-state index >= 15 is 0 Å². The summed E-state index contributed by atoms with van der Waals surface area (Å²) >= 11 is 9.23. The first-order chi connectivity index (χ1) is 8.99. The molecule has 5 heteroatoms. The summed E-state index contributed by atoms with van der Waals surface area (Å²) in [7, 11) is 0. The van der Waals surface area contributed by atoms with Crippen molar-refractivity contribution < 1.29 is 8.78 Å². The number of benzene rings is 2. The van der Waals surface area contributed by atoms with Gasteiger partial charge in [-0.15, -0.1) is 0 Å². The third-order valence-electron chi connectivity index (χ3n) is 2.74. The Morgan fingerprint density at radius 1 is 1.21 bits per heavy atom. The lowest BCUT2D eigenvalue weighted by Crippen LogP contribution is -2.09. The van der Waals surface area contributed by atoms with Crippen LogP contribution in [0.15, 0.2) is 40.9 Å². The van der Waals surface area contributed by atoms with Crippen molar-refractivity contribution >= 4 is 33.2 Å². The molecule has 0 amide bonds. The quantitative estimate of drug-likeness (QED) is 0.768. The molecule has 0 radical (unpaired) electrons. The van der Waals surface area contributed by atoms with E-state index in [4.69, 9.17) is 11.6 Å². The van der Waals surface area contributed by atoms with Crippen molar-refractivity contribution in [2.24, 2.45) is 0 Å². The van der Waals surface area contributed by atoms with E-state index in [-0.39, 0.29) is 11.7 Å². The van der Waals surface area contributed by atoms with Gasteiger partial charge in [0.2, 0.25) is 0 Å². The van der Waals surface area contributed by atoms with Crippen molar-refractivity contribution in [1.29, 1.82) is 0 Å². The largest absolute Gasteiger partial charge is 0.375 e. The van der Waals surface area contributed by atoms with Gasteiger partial charge in [-0.25, -0.2) is 8.78 Å². The smallest absolute Gasteiger partial charge is 0.150 e. The van der Waals surface area contributed by atoms with Crippen LogP contribution in [0.5, 0.6) is 0 Å². The van der Waals surface area contributed by atoms with Crippen LogP contribution in [0.2, 0.25) is 5.02 Å². The van der Waals surface area contributed by atoms with Gasteiger partial charge in [0.25, 0.3) is 0 Å². The summed E-state index contributed by atoms with van der Waals surface area (Å²) < 4.78 is 27.1. The highest BCUT2D eigenvalue weighted by atomic mass is 79.9. The van der Waals surface area contributed by atoms with Gasteiger partial charge in [-0.1, -0.05) is 29.8 Å². The van der Waals surface area contributed by atoms with Gasteiger partial charge in [0.05, 0.1) is 11.7 Å². The summed E-state index contributed by atoms with van der Waals surface area (Å²) in [5, 5.41) is 3.59. The summed E-state index contributed by atoms with van der Waals surface area (Å²) in [5.74, 6) is -1.27. The number of hydrogen-bond acceptors (Lipinski definition) is 1. The second-order valence-corrected chi connectivity index (χ2v) is 5.39. The third kappa shape index (κ3) is 3.25. The van der Waals surface area contributed by atoms with Crippen molar-refractivity contribution in [3.05, 3.63) is 63.1 Å². The third-order valence-corrected chi connectivity index (χ3v) is 3.71. The van der Waals surface area contributed by atoms with Gasteiger partial charge in [0, 0.05) is 15.6 Å². The maximum Gasteiger partial charge on any atom is 0.150 e. The summed E-state index contributed by atoms with van der Waals surface area (Å²) in [4.78, 5) is 0. The summed E-state index contributed by atoms with van der Waals surface area (Å²) in [6.45, 7) is 1.86. The highest BCUT2D eigenvalue weighted by Gasteiger charge is 2.14. The fourth-order valence-electron chi connectivity index (χ4n) is 1.80. The number of halogens is 4. The molecule has 0 aliphatic carbocycles. The van der Waals surface area contributed by atoms with E-state index in [1.807, 2.05) is 25.1 Å². The van der Waals surface area contributed by atoms with Crippen molar-refractivity contribution in [3.8, 4) is 0 Å². The van der Waals surface area contributed by atoms with Gasteiger partial charge in [-0.05, 0) is 40.5 Å². The minimum atomic E-state index is -0.647. The Kier molecular flexibility index (Phi) is 4.42. The Morgan fingerprint density at radius 2 is 1.89 bits per heavy atom. The Bertz CT molecular complexity index is 581. The summed E-state index contributed by atoms with van der Waals surface area (Å²) in [5.41, 5.74) is 1.06. The van der Waals surface area contributed by atoms with Crippen LogP contribution in [0.1, 0.15) is 18.5 Å². The van der Waals surface area contributed by atoms with Crippen LogP contribution in [-0.2, 0) is 0 Å².